The van der Waals surface area contributed by atoms with Gasteiger partial charge < -0.3 is 19.5 Å². The van der Waals surface area contributed by atoms with Crippen LogP contribution in [0, 0.1) is 6.92 Å². The number of rotatable bonds is 9. The monoisotopic (exact) mass is 375 g/mol. The van der Waals surface area contributed by atoms with Gasteiger partial charge in [-0.1, -0.05) is 52.8 Å². The lowest BCUT2D eigenvalue weighted by Gasteiger charge is -2.30. The fourth-order valence-electron chi connectivity index (χ4n) is 3.06. The van der Waals surface area contributed by atoms with E-state index >= 15 is 0 Å². The third kappa shape index (κ3) is 4.76. The molecule has 2 aromatic rings. The minimum atomic E-state index is -0.105. The molecule has 0 aromatic heterocycles. The van der Waals surface area contributed by atoms with Crippen molar-refractivity contribution in [3.05, 3.63) is 53.1 Å². The van der Waals surface area contributed by atoms with Crippen LogP contribution in [0.3, 0.4) is 0 Å². The predicted octanol–water partition coefficient (Wildman–Crippen LogP) is 3.94. The fraction of sp³-hybridized carbons (Fsp3) is 0.429. The molecule has 0 fully saturated rings. The van der Waals surface area contributed by atoms with Gasteiger partial charge in [-0.2, -0.15) is 0 Å². The number of hydrogen-bond donors (Lipinski definition) is 1. The molecular formula is C21H30NO3P. The van der Waals surface area contributed by atoms with Gasteiger partial charge in [-0.05, 0) is 36.5 Å². The zero-order chi connectivity index (χ0) is 19.2. The van der Waals surface area contributed by atoms with Crippen LogP contribution in [-0.2, 0) is 16.4 Å². The van der Waals surface area contributed by atoms with E-state index < -0.39 is 0 Å². The summed E-state index contributed by atoms with van der Waals surface area (Å²) >= 11 is 0. The zero-order valence-corrected chi connectivity index (χ0v) is 17.6. The molecule has 2 aromatic carbocycles. The van der Waals surface area contributed by atoms with E-state index in [1.54, 1.807) is 14.2 Å². The summed E-state index contributed by atoms with van der Waals surface area (Å²) in [4.78, 5) is 0. The van der Waals surface area contributed by atoms with Crippen LogP contribution in [0.15, 0.2) is 36.4 Å². The van der Waals surface area contributed by atoms with E-state index in [1.165, 1.54) is 16.4 Å². The van der Waals surface area contributed by atoms with Crippen molar-refractivity contribution in [2.24, 2.45) is 0 Å². The van der Waals surface area contributed by atoms with E-state index in [4.69, 9.17) is 14.2 Å². The summed E-state index contributed by atoms with van der Waals surface area (Å²) in [5.41, 5.74) is 3.80. The Balaban J connectivity index is 2.45. The van der Waals surface area contributed by atoms with E-state index in [9.17, 15) is 0 Å². The van der Waals surface area contributed by atoms with Gasteiger partial charge in [-0.15, -0.1) is 0 Å². The third-order valence-electron chi connectivity index (χ3n) is 4.36. The van der Waals surface area contributed by atoms with Crippen LogP contribution in [0.4, 0.5) is 0 Å². The minimum Gasteiger partial charge on any atom is -0.493 e. The standard InChI is InChI=1S/C21H30NO3P/c1-15-9-7-10-16(13-22-4)20(15)26-21(2,3)17-11-8-12-18(24-6)19(17)25-14-23-5/h7-12,22,26H,13-14H2,1-6H3. The summed E-state index contributed by atoms with van der Waals surface area (Å²) in [6.07, 6.45) is 0. The number of hydrogen-bond acceptors (Lipinski definition) is 4. The number of ether oxygens (including phenoxy) is 3. The normalized spacial score (nSPS) is 11.9. The van der Waals surface area contributed by atoms with Gasteiger partial charge in [0.15, 0.2) is 18.3 Å². The number of aryl methyl sites for hydroxylation is 1. The molecule has 0 aliphatic carbocycles. The Morgan fingerprint density at radius 3 is 2.46 bits per heavy atom. The van der Waals surface area contributed by atoms with Gasteiger partial charge in [-0.3, -0.25) is 0 Å². The maximum Gasteiger partial charge on any atom is 0.188 e. The van der Waals surface area contributed by atoms with Crippen LogP contribution in [-0.4, -0.2) is 28.1 Å². The van der Waals surface area contributed by atoms with Crippen LogP contribution in [0.5, 0.6) is 11.5 Å². The number of nitrogens with one attached hydrogen (secondary N) is 1. The molecule has 1 unspecified atom stereocenters. The Hall–Kier alpha value is -1.61. The van der Waals surface area contributed by atoms with Crippen LogP contribution < -0.4 is 20.1 Å². The first-order chi connectivity index (χ1) is 12.4. The molecule has 0 aliphatic heterocycles. The van der Waals surface area contributed by atoms with E-state index in [0.29, 0.717) is 8.58 Å². The van der Waals surface area contributed by atoms with Crippen LogP contribution >= 0.6 is 8.58 Å². The highest BCUT2D eigenvalue weighted by molar-refractivity contribution is 7.48. The first kappa shape index (κ1) is 20.7. The van der Waals surface area contributed by atoms with Crippen molar-refractivity contribution in [2.45, 2.75) is 32.5 Å². The molecule has 0 heterocycles. The Kier molecular flexibility index (Phi) is 7.45. The van der Waals surface area contributed by atoms with Gasteiger partial charge in [0.2, 0.25) is 0 Å². The highest BCUT2D eigenvalue weighted by Gasteiger charge is 2.28. The molecule has 0 saturated heterocycles. The summed E-state index contributed by atoms with van der Waals surface area (Å²) in [5.74, 6) is 1.50. The molecule has 0 aliphatic rings. The van der Waals surface area contributed by atoms with E-state index in [2.05, 4.69) is 50.4 Å². The molecule has 0 spiro atoms. The van der Waals surface area contributed by atoms with Gasteiger partial charge in [0.05, 0.1) is 7.11 Å². The van der Waals surface area contributed by atoms with E-state index in [-0.39, 0.29) is 11.9 Å². The largest absolute Gasteiger partial charge is 0.493 e. The second kappa shape index (κ2) is 9.36. The van der Waals surface area contributed by atoms with Gasteiger partial charge in [0.25, 0.3) is 0 Å². The highest BCUT2D eigenvalue weighted by Crippen LogP contribution is 2.48. The molecule has 2 rings (SSSR count). The average molecular weight is 375 g/mol. The van der Waals surface area contributed by atoms with Crippen molar-refractivity contribution in [3.8, 4) is 11.5 Å². The Morgan fingerprint density at radius 1 is 1.08 bits per heavy atom. The van der Waals surface area contributed by atoms with Crippen molar-refractivity contribution in [1.82, 2.24) is 5.32 Å². The summed E-state index contributed by atoms with van der Waals surface area (Å²) in [5, 5.41) is 4.58. The van der Waals surface area contributed by atoms with Crippen molar-refractivity contribution in [3.63, 3.8) is 0 Å². The number of benzene rings is 2. The van der Waals surface area contributed by atoms with Crippen molar-refractivity contribution in [2.75, 3.05) is 28.1 Å². The summed E-state index contributed by atoms with van der Waals surface area (Å²) in [6.45, 7) is 7.77. The predicted molar refractivity (Wildman–Crippen MR) is 110 cm³/mol. The topological polar surface area (TPSA) is 39.7 Å². The highest BCUT2D eigenvalue weighted by atomic mass is 31.1. The average Bonchev–Trinajstić information content (AvgIpc) is 2.62. The van der Waals surface area contributed by atoms with Crippen molar-refractivity contribution < 1.29 is 14.2 Å². The maximum atomic E-state index is 5.89. The van der Waals surface area contributed by atoms with Crippen molar-refractivity contribution >= 4 is 13.9 Å². The second-order valence-electron chi connectivity index (χ2n) is 6.78. The van der Waals surface area contributed by atoms with E-state index in [1.807, 2.05) is 19.2 Å². The van der Waals surface area contributed by atoms with Crippen LogP contribution in [0.25, 0.3) is 0 Å². The summed E-state index contributed by atoms with van der Waals surface area (Å²) < 4.78 is 16.5. The first-order valence-electron chi connectivity index (χ1n) is 8.75. The van der Waals surface area contributed by atoms with Crippen LogP contribution in [0.1, 0.15) is 30.5 Å². The molecule has 1 atom stereocenters. The lowest BCUT2D eigenvalue weighted by atomic mass is 10.0. The SMILES string of the molecule is CNCc1cccc(C)c1PC(C)(C)c1cccc(OC)c1OCOC. The van der Waals surface area contributed by atoms with Gasteiger partial charge in [0, 0.05) is 24.4 Å². The summed E-state index contributed by atoms with van der Waals surface area (Å²) in [7, 11) is 5.88. The second-order valence-corrected chi connectivity index (χ2v) is 8.78. The number of methoxy groups -OCH3 is 2. The first-order valence-corrected chi connectivity index (χ1v) is 9.75. The molecule has 26 heavy (non-hydrogen) atoms. The number of para-hydroxylation sites is 1. The lowest BCUT2D eigenvalue weighted by molar-refractivity contribution is 0.0481. The molecule has 4 nitrogen and oxygen atoms in total. The maximum absolute atomic E-state index is 5.89. The van der Waals surface area contributed by atoms with Gasteiger partial charge in [0.1, 0.15) is 0 Å². The Bertz CT molecular complexity index is 731. The third-order valence-corrected chi connectivity index (χ3v) is 6.22. The molecule has 0 amide bonds. The Labute approximate surface area is 159 Å². The molecule has 1 N–H and O–H groups in total. The zero-order valence-electron chi connectivity index (χ0n) is 16.6. The molecule has 0 bridgehead atoms. The fourth-order valence-corrected chi connectivity index (χ4v) is 4.63. The van der Waals surface area contributed by atoms with Gasteiger partial charge >= 0.3 is 0 Å². The Morgan fingerprint density at radius 2 is 1.81 bits per heavy atom. The molecular weight excluding hydrogens is 345 g/mol. The molecule has 5 heteroatoms. The van der Waals surface area contributed by atoms with Gasteiger partial charge in [-0.25, -0.2) is 0 Å². The minimum absolute atomic E-state index is 0.105. The quantitative estimate of drug-likeness (QED) is 0.532. The molecule has 0 radical (unpaired) electrons. The lowest BCUT2D eigenvalue weighted by Crippen LogP contribution is -2.22. The molecule has 142 valence electrons. The summed E-state index contributed by atoms with van der Waals surface area (Å²) in [6, 6.07) is 12.6. The van der Waals surface area contributed by atoms with E-state index in [0.717, 1.165) is 23.6 Å². The smallest absolute Gasteiger partial charge is 0.188 e. The van der Waals surface area contributed by atoms with Crippen molar-refractivity contribution in [1.29, 1.82) is 0 Å². The van der Waals surface area contributed by atoms with Crippen LogP contribution in [0.2, 0.25) is 0 Å². The molecule has 0 saturated carbocycles.